The van der Waals surface area contributed by atoms with Crippen LogP contribution in [0.15, 0.2) is 30.4 Å². The molecule has 1 N–H and O–H groups in total. The van der Waals surface area contributed by atoms with Gasteiger partial charge in [0.15, 0.2) is 0 Å². The third kappa shape index (κ3) is 2.37. The third-order valence-corrected chi connectivity index (χ3v) is 1.96. The summed E-state index contributed by atoms with van der Waals surface area (Å²) in [7, 11) is 0. The molecule has 1 aromatic rings. The summed E-state index contributed by atoms with van der Waals surface area (Å²) in [5, 5.41) is 12.1. The van der Waals surface area contributed by atoms with E-state index in [1.807, 2.05) is 32.0 Å². The molecule has 1 aromatic carbocycles. The summed E-state index contributed by atoms with van der Waals surface area (Å²) >= 11 is 0. The molecule has 0 amide bonds. The van der Waals surface area contributed by atoms with Gasteiger partial charge in [-0.3, -0.25) is 0 Å². The Kier molecular flexibility index (Phi) is 3.30. The maximum Gasteiger partial charge on any atom is 0.101 e. The first-order valence-electron chi connectivity index (χ1n) is 4.53. The maximum absolute atomic E-state index is 8.90. The first kappa shape index (κ1) is 10.3. The van der Waals surface area contributed by atoms with Crippen LogP contribution in [0.25, 0.3) is 0 Å². The molecule has 0 fully saturated rings. The minimum Gasteiger partial charge on any atom is -0.380 e. The van der Waals surface area contributed by atoms with Gasteiger partial charge in [-0.25, -0.2) is 0 Å². The molecule has 0 aliphatic carbocycles. The van der Waals surface area contributed by atoms with E-state index in [1.54, 1.807) is 0 Å². The van der Waals surface area contributed by atoms with E-state index in [2.05, 4.69) is 18.0 Å². The highest BCUT2D eigenvalue weighted by Crippen LogP contribution is 2.19. The smallest absolute Gasteiger partial charge is 0.101 e. The minimum atomic E-state index is 0.686. The van der Waals surface area contributed by atoms with Gasteiger partial charge >= 0.3 is 0 Å². The van der Waals surface area contributed by atoms with Crippen molar-refractivity contribution >= 4 is 5.69 Å². The Balaban J connectivity index is 2.94. The Bertz CT molecular complexity index is 386. The van der Waals surface area contributed by atoms with Gasteiger partial charge < -0.3 is 5.32 Å². The lowest BCUT2D eigenvalue weighted by Crippen LogP contribution is -2.05. The molecule has 0 atom stereocenters. The minimum absolute atomic E-state index is 0.686. The Morgan fingerprint density at radius 2 is 2.29 bits per heavy atom. The summed E-state index contributed by atoms with van der Waals surface area (Å²) < 4.78 is 0. The van der Waals surface area contributed by atoms with Crippen molar-refractivity contribution in [2.24, 2.45) is 0 Å². The number of hydrogen-bond acceptors (Lipinski definition) is 2. The average Bonchev–Trinajstić information content (AvgIpc) is 2.15. The lowest BCUT2D eigenvalue weighted by atomic mass is 10.1. The van der Waals surface area contributed by atoms with Gasteiger partial charge in [0.05, 0.1) is 11.3 Å². The summed E-state index contributed by atoms with van der Waals surface area (Å²) in [4.78, 5) is 0. The van der Waals surface area contributed by atoms with E-state index >= 15 is 0 Å². The lowest BCUT2D eigenvalue weighted by molar-refractivity contribution is 1.20. The van der Waals surface area contributed by atoms with E-state index in [-0.39, 0.29) is 0 Å². The fourth-order valence-electron chi connectivity index (χ4n) is 1.23. The van der Waals surface area contributed by atoms with Crippen LogP contribution in [0.4, 0.5) is 5.69 Å². The van der Waals surface area contributed by atoms with Crippen molar-refractivity contribution in [3.63, 3.8) is 0 Å². The SMILES string of the molecule is C=C(C)CNc1c(C)cccc1C#N. The van der Waals surface area contributed by atoms with Crippen molar-refractivity contribution in [1.82, 2.24) is 0 Å². The molecule has 14 heavy (non-hydrogen) atoms. The molecule has 0 saturated carbocycles. The quantitative estimate of drug-likeness (QED) is 0.737. The van der Waals surface area contributed by atoms with Crippen LogP contribution >= 0.6 is 0 Å². The van der Waals surface area contributed by atoms with Crippen molar-refractivity contribution in [1.29, 1.82) is 5.26 Å². The second-order valence-corrected chi connectivity index (χ2v) is 3.42. The van der Waals surface area contributed by atoms with Gasteiger partial charge in [-0.15, -0.1) is 0 Å². The van der Waals surface area contributed by atoms with Gasteiger partial charge in [-0.05, 0) is 25.5 Å². The number of hydrogen-bond donors (Lipinski definition) is 1. The molecule has 0 heterocycles. The van der Waals surface area contributed by atoms with Crippen LogP contribution in [0.5, 0.6) is 0 Å². The van der Waals surface area contributed by atoms with Crippen LogP contribution in [0.2, 0.25) is 0 Å². The molecule has 0 radical (unpaired) electrons. The van der Waals surface area contributed by atoms with Crippen molar-refractivity contribution in [3.8, 4) is 6.07 Å². The molecule has 0 aliphatic heterocycles. The average molecular weight is 186 g/mol. The predicted molar refractivity (Wildman–Crippen MR) is 59.2 cm³/mol. The number of aryl methyl sites for hydroxylation is 1. The van der Waals surface area contributed by atoms with E-state index in [9.17, 15) is 0 Å². The zero-order valence-electron chi connectivity index (χ0n) is 8.59. The Labute approximate surface area is 84.9 Å². The standard InChI is InChI=1S/C12H14N2/c1-9(2)8-14-12-10(3)5-4-6-11(12)7-13/h4-6,14H,1,8H2,2-3H3. The Hall–Kier alpha value is -1.75. The third-order valence-electron chi connectivity index (χ3n) is 1.96. The number of anilines is 1. The number of nitrogens with one attached hydrogen (secondary N) is 1. The van der Waals surface area contributed by atoms with Crippen LogP contribution < -0.4 is 5.32 Å². The van der Waals surface area contributed by atoms with E-state index < -0.39 is 0 Å². The second-order valence-electron chi connectivity index (χ2n) is 3.42. The van der Waals surface area contributed by atoms with Crippen LogP contribution in [0.1, 0.15) is 18.1 Å². The van der Waals surface area contributed by atoms with Crippen LogP contribution in [-0.2, 0) is 0 Å². The van der Waals surface area contributed by atoms with Gasteiger partial charge in [0.2, 0.25) is 0 Å². The second kappa shape index (κ2) is 4.48. The first-order valence-corrected chi connectivity index (χ1v) is 4.53. The molecule has 0 saturated heterocycles. The molecular formula is C12H14N2. The maximum atomic E-state index is 8.90. The fourth-order valence-corrected chi connectivity index (χ4v) is 1.23. The molecule has 0 aliphatic rings. The number of rotatable bonds is 3. The van der Waals surface area contributed by atoms with E-state index in [1.165, 1.54) is 0 Å². The zero-order chi connectivity index (χ0) is 10.6. The molecule has 72 valence electrons. The zero-order valence-corrected chi connectivity index (χ0v) is 8.59. The highest BCUT2D eigenvalue weighted by Gasteiger charge is 2.03. The van der Waals surface area contributed by atoms with E-state index in [0.717, 1.165) is 16.8 Å². The lowest BCUT2D eigenvalue weighted by Gasteiger charge is -2.10. The van der Waals surface area contributed by atoms with Crippen molar-refractivity contribution in [3.05, 3.63) is 41.5 Å². The van der Waals surface area contributed by atoms with Crippen LogP contribution in [-0.4, -0.2) is 6.54 Å². The monoisotopic (exact) mass is 186 g/mol. The number of benzene rings is 1. The van der Waals surface area contributed by atoms with Crippen molar-refractivity contribution in [2.45, 2.75) is 13.8 Å². The van der Waals surface area contributed by atoms with Gasteiger partial charge in [-0.1, -0.05) is 24.3 Å². The van der Waals surface area contributed by atoms with E-state index in [4.69, 9.17) is 5.26 Å². The molecular weight excluding hydrogens is 172 g/mol. The summed E-state index contributed by atoms with van der Waals surface area (Å²) in [5.41, 5.74) is 3.74. The van der Waals surface area contributed by atoms with Crippen LogP contribution in [0, 0.1) is 18.3 Å². The Morgan fingerprint density at radius 3 is 2.86 bits per heavy atom. The Morgan fingerprint density at radius 1 is 1.57 bits per heavy atom. The topological polar surface area (TPSA) is 35.8 Å². The summed E-state index contributed by atoms with van der Waals surface area (Å²) in [6, 6.07) is 7.86. The van der Waals surface area contributed by atoms with Gasteiger partial charge in [-0.2, -0.15) is 5.26 Å². The number of nitrogens with zero attached hydrogens (tertiary/aromatic N) is 1. The predicted octanol–water partition coefficient (Wildman–Crippen LogP) is 2.85. The normalized spacial score (nSPS) is 9.21. The first-order chi connectivity index (χ1) is 6.65. The largest absolute Gasteiger partial charge is 0.380 e. The summed E-state index contributed by atoms with van der Waals surface area (Å²) in [6.45, 7) is 8.46. The van der Waals surface area contributed by atoms with Gasteiger partial charge in [0, 0.05) is 6.54 Å². The number of para-hydroxylation sites is 1. The molecule has 0 bridgehead atoms. The molecule has 2 nitrogen and oxygen atoms in total. The summed E-state index contributed by atoms with van der Waals surface area (Å²) in [6.07, 6.45) is 0. The highest BCUT2D eigenvalue weighted by molar-refractivity contribution is 5.62. The fraction of sp³-hybridized carbons (Fsp3) is 0.250. The van der Waals surface area contributed by atoms with Gasteiger partial charge in [0.1, 0.15) is 6.07 Å². The molecule has 0 unspecified atom stereocenters. The molecule has 0 aromatic heterocycles. The summed E-state index contributed by atoms with van der Waals surface area (Å²) in [5.74, 6) is 0. The van der Waals surface area contributed by atoms with Crippen LogP contribution in [0.3, 0.4) is 0 Å². The van der Waals surface area contributed by atoms with E-state index in [0.29, 0.717) is 12.1 Å². The van der Waals surface area contributed by atoms with Gasteiger partial charge in [0.25, 0.3) is 0 Å². The van der Waals surface area contributed by atoms with Crippen molar-refractivity contribution in [2.75, 3.05) is 11.9 Å². The molecule has 0 spiro atoms. The molecule has 1 rings (SSSR count). The molecule has 2 heteroatoms. The number of nitriles is 1. The van der Waals surface area contributed by atoms with Crippen molar-refractivity contribution < 1.29 is 0 Å². The highest BCUT2D eigenvalue weighted by atomic mass is 14.9.